The lowest BCUT2D eigenvalue weighted by molar-refractivity contribution is -0.155. The monoisotopic (exact) mass is 367 g/mol. The zero-order valence-electron chi connectivity index (χ0n) is 15.5. The Morgan fingerprint density at radius 2 is 1.85 bits per heavy atom. The quantitative estimate of drug-likeness (QED) is 0.760. The molecule has 27 heavy (non-hydrogen) atoms. The Kier molecular flexibility index (Phi) is 6.47. The first kappa shape index (κ1) is 19.0. The second kappa shape index (κ2) is 9.21. The molecule has 0 aromatic heterocycles. The molecular formula is C22H25NO4. The van der Waals surface area contributed by atoms with Gasteiger partial charge < -0.3 is 14.8 Å². The van der Waals surface area contributed by atoms with Gasteiger partial charge >= 0.3 is 5.97 Å². The van der Waals surface area contributed by atoms with Gasteiger partial charge in [0.25, 0.3) is 5.91 Å². The summed E-state index contributed by atoms with van der Waals surface area (Å²) < 4.78 is 10.8. The Labute approximate surface area is 159 Å². The van der Waals surface area contributed by atoms with Gasteiger partial charge in [0.15, 0.2) is 12.7 Å². The van der Waals surface area contributed by atoms with Gasteiger partial charge in [-0.15, -0.1) is 0 Å². The van der Waals surface area contributed by atoms with E-state index in [0.717, 1.165) is 24.8 Å². The van der Waals surface area contributed by atoms with Gasteiger partial charge in [-0.25, -0.2) is 4.79 Å². The molecule has 0 heterocycles. The standard InChI is InChI=1S/C22H25NO4/c1-2-20(27-17-11-4-3-5-12-17)22(25)26-15-21(24)23-19-14-8-10-16-9-6-7-13-18(16)19/h3-7,9,11-13,19-20H,2,8,10,14-15H2,1H3,(H,23,24)/t19-,20-/m0/s1. The number of hydrogen-bond donors (Lipinski definition) is 1. The number of ether oxygens (including phenoxy) is 2. The lowest BCUT2D eigenvalue weighted by atomic mass is 9.88. The van der Waals surface area contributed by atoms with Crippen LogP contribution in [0.1, 0.15) is 43.4 Å². The average Bonchev–Trinajstić information content (AvgIpc) is 2.71. The van der Waals surface area contributed by atoms with Crippen LogP contribution in [0.2, 0.25) is 0 Å². The molecule has 0 fully saturated rings. The van der Waals surface area contributed by atoms with Crippen molar-refractivity contribution in [3.05, 3.63) is 65.7 Å². The van der Waals surface area contributed by atoms with E-state index < -0.39 is 12.1 Å². The molecule has 0 spiro atoms. The van der Waals surface area contributed by atoms with Crippen LogP contribution in [0.5, 0.6) is 5.75 Å². The first-order valence-electron chi connectivity index (χ1n) is 9.43. The van der Waals surface area contributed by atoms with Crippen LogP contribution < -0.4 is 10.1 Å². The van der Waals surface area contributed by atoms with Crippen LogP contribution in [0.4, 0.5) is 0 Å². The van der Waals surface area contributed by atoms with Gasteiger partial charge in [0.05, 0.1) is 6.04 Å². The molecule has 1 amide bonds. The molecule has 0 radical (unpaired) electrons. The highest BCUT2D eigenvalue weighted by Gasteiger charge is 2.24. The third-order valence-corrected chi connectivity index (χ3v) is 4.71. The molecule has 2 aromatic carbocycles. The Hall–Kier alpha value is -2.82. The Bertz CT molecular complexity index is 775. The highest BCUT2D eigenvalue weighted by atomic mass is 16.6. The van der Waals surface area contributed by atoms with E-state index in [9.17, 15) is 9.59 Å². The molecule has 0 bridgehead atoms. The van der Waals surface area contributed by atoms with E-state index in [0.29, 0.717) is 12.2 Å². The van der Waals surface area contributed by atoms with Crippen molar-refractivity contribution in [2.24, 2.45) is 0 Å². The van der Waals surface area contributed by atoms with Gasteiger partial charge in [0.2, 0.25) is 0 Å². The molecule has 3 rings (SSSR count). The number of carbonyl (C=O) groups is 2. The molecule has 2 aromatic rings. The smallest absolute Gasteiger partial charge is 0.347 e. The van der Waals surface area contributed by atoms with Crippen molar-refractivity contribution >= 4 is 11.9 Å². The van der Waals surface area contributed by atoms with Crippen molar-refractivity contribution in [1.29, 1.82) is 0 Å². The number of nitrogens with one attached hydrogen (secondary N) is 1. The third kappa shape index (κ3) is 5.09. The van der Waals surface area contributed by atoms with Gasteiger partial charge in [0.1, 0.15) is 5.75 Å². The molecule has 1 aliphatic rings. The first-order valence-corrected chi connectivity index (χ1v) is 9.43. The topological polar surface area (TPSA) is 64.6 Å². The van der Waals surface area contributed by atoms with Crippen LogP contribution >= 0.6 is 0 Å². The molecular weight excluding hydrogens is 342 g/mol. The molecule has 0 unspecified atom stereocenters. The second-order valence-electron chi connectivity index (χ2n) is 6.65. The van der Waals surface area contributed by atoms with Crippen molar-refractivity contribution in [1.82, 2.24) is 5.32 Å². The van der Waals surface area contributed by atoms with Gasteiger partial charge in [-0.05, 0) is 48.9 Å². The predicted molar refractivity (Wildman–Crippen MR) is 102 cm³/mol. The summed E-state index contributed by atoms with van der Waals surface area (Å²) in [5.74, 6) is -0.218. The summed E-state index contributed by atoms with van der Waals surface area (Å²) in [6.45, 7) is 1.54. The van der Waals surface area contributed by atoms with Crippen LogP contribution in [-0.4, -0.2) is 24.6 Å². The summed E-state index contributed by atoms with van der Waals surface area (Å²) in [5, 5.41) is 2.98. The minimum absolute atomic E-state index is 0.0244. The Balaban J connectivity index is 1.50. The molecule has 1 aliphatic carbocycles. The number of amides is 1. The maximum atomic E-state index is 12.3. The summed E-state index contributed by atoms with van der Waals surface area (Å²) in [4.78, 5) is 24.5. The number of fused-ring (bicyclic) bond motifs is 1. The zero-order valence-corrected chi connectivity index (χ0v) is 15.5. The van der Waals surface area contributed by atoms with E-state index >= 15 is 0 Å². The van der Waals surface area contributed by atoms with Gasteiger partial charge in [0, 0.05) is 0 Å². The zero-order chi connectivity index (χ0) is 19.1. The van der Waals surface area contributed by atoms with E-state index in [-0.39, 0.29) is 18.6 Å². The maximum Gasteiger partial charge on any atom is 0.347 e. The van der Waals surface area contributed by atoms with Crippen molar-refractivity contribution in [2.45, 2.75) is 44.8 Å². The van der Waals surface area contributed by atoms with Crippen molar-refractivity contribution in [3.8, 4) is 5.75 Å². The lowest BCUT2D eigenvalue weighted by Gasteiger charge is -2.26. The molecule has 5 heteroatoms. The van der Waals surface area contributed by atoms with Crippen LogP contribution in [-0.2, 0) is 20.7 Å². The summed E-state index contributed by atoms with van der Waals surface area (Å²) >= 11 is 0. The number of esters is 1. The minimum atomic E-state index is -0.726. The fourth-order valence-corrected chi connectivity index (χ4v) is 3.33. The average molecular weight is 367 g/mol. The van der Waals surface area contributed by atoms with E-state index in [1.165, 1.54) is 5.56 Å². The number of benzene rings is 2. The van der Waals surface area contributed by atoms with Crippen LogP contribution in [0.15, 0.2) is 54.6 Å². The highest BCUT2D eigenvalue weighted by molar-refractivity contribution is 5.82. The number of carbonyl (C=O) groups excluding carboxylic acids is 2. The molecule has 0 saturated carbocycles. The van der Waals surface area contributed by atoms with Gasteiger partial charge in [-0.1, -0.05) is 49.4 Å². The summed E-state index contributed by atoms with van der Waals surface area (Å²) in [6, 6.07) is 17.2. The Morgan fingerprint density at radius 3 is 2.63 bits per heavy atom. The van der Waals surface area contributed by atoms with Crippen LogP contribution in [0.25, 0.3) is 0 Å². The number of hydrogen-bond acceptors (Lipinski definition) is 4. The minimum Gasteiger partial charge on any atom is -0.479 e. The fraction of sp³-hybridized carbons (Fsp3) is 0.364. The van der Waals surface area contributed by atoms with E-state index in [1.54, 1.807) is 12.1 Å². The van der Waals surface area contributed by atoms with E-state index in [2.05, 4.69) is 11.4 Å². The fourth-order valence-electron chi connectivity index (χ4n) is 3.33. The van der Waals surface area contributed by atoms with E-state index in [4.69, 9.17) is 9.47 Å². The molecule has 1 N–H and O–H groups in total. The second-order valence-corrected chi connectivity index (χ2v) is 6.65. The van der Waals surface area contributed by atoms with Crippen LogP contribution in [0.3, 0.4) is 0 Å². The van der Waals surface area contributed by atoms with Gasteiger partial charge in [-0.2, -0.15) is 0 Å². The summed E-state index contributed by atoms with van der Waals surface area (Å²) in [5.41, 5.74) is 2.43. The largest absolute Gasteiger partial charge is 0.479 e. The molecule has 0 saturated heterocycles. The van der Waals surface area contributed by atoms with Gasteiger partial charge in [-0.3, -0.25) is 4.79 Å². The van der Waals surface area contributed by atoms with Crippen molar-refractivity contribution in [3.63, 3.8) is 0 Å². The first-order chi connectivity index (χ1) is 13.2. The summed E-state index contributed by atoms with van der Waals surface area (Å²) in [7, 11) is 0. The van der Waals surface area contributed by atoms with Crippen molar-refractivity contribution < 1.29 is 19.1 Å². The normalized spacial score (nSPS) is 16.7. The lowest BCUT2D eigenvalue weighted by Crippen LogP contribution is -2.36. The molecule has 2 atom stereocenters. The summed E-state index contributed by atoms with van der Waals surface area (Å²) in [6.07, 6.45) is 2.70. The SMILES string of the molecule is CC[C@H](Oc1ccccc1)C(=O)OCC(=O)N[C@H]1CCCc2ccccc21. The third-order valence-electron chi connectivity index (χ3n) is 4.71. The number of rotatable bonds is 7. The Morgan fingerprint density at radius 1 is 1.11 bits per heavy atom. The highest BCUT2D eigenvalue weighted by Crippen LogP contribution is 2.29. The van der Waals surface area contributed by atoms with Crippen molar-refractivity contribution in [2.75, 3.05) is 6.61 Å². The predicted octanol–water partition coefficient (Wildman–Crippen LogP) is 3.58. The van der Waals surface area contributed by atoms with Crippen LogP contribution in [0, 0.1) is 0 Å². The molecule has 142 valence electrons. The molecule has 0 aliphatic heterocycles. The number of para-hydroxylation sites is 1. The van der Waals surface area contributed by atoms with E-state index in [1.807, 2.05) is 43.3 Å². The number of aryl methyl sites for hydroxylation is 1. The molecule has 5 nitrogen and oxygen atoms in total. The maximum absolute atomic E-state index is 12.3.